The zero-order valence-corrected chi connectivity index (χ0v) is 13.4. The summed E-state index contributed by atoms with van der Waals surface area (Å²) in [7, 11) is 1.33. The van der Waals surface area contributed by atoms with E-state index in [1.807, 2.05) is 12.3 Å². The van der Waals surface area contributed by atoms with Crippen molar-refractivity contribution in [3.63, 3.8) is 0 Å². The van der Waals surface area contributed by atoms with Crippen LogP contribution in [0.15, 0.2) is 52.6 Å². The third-order valence-corrected chi connectivity index (χ3v) is 4.18. The van der Waals surface area contributed by atoms with Crippen molar-refractivity contribution in [3.05, 3.63) is 58.4 Å². The molecule has 0 amide bonds. The van der Waals surface area contributed by atoms with Gasteiger partial charge >= 0.3 is 5.97 Å². The Bertz CT molecular complexity index is 769. The summed E-state index contributed by atoms with van der Waals surface area (Å²) in [6.45, 7) is 1.82. The summed E-state index contributed by atoms with van der Waals surface area (Å²) in [6, 6.07) is 5.62. The monoisotopic (exact) mass is 331 g/mol. The average Bonchev–Trinajstić information content (AvgIpc) is 3.09. The van der Waals surface area contributed by atoms with Crippen LogP contribution >= 0.6 is 11.3 Å². The smallest absolute Gasteiger partial charge is 0.337 e. The van der Waals surface area contributed by atoms with Gasteiger partial charge in [-0.05, 0) is 31.2 Å². The lowest BCUT2D eigenvalue weighted by Crippen LogP contribution is -2.35. The van der Waals surface area contributed by atoms with Crippen LogP contribution in [0.2, 0.25) is 0 Å². The molecule has 23 heavy (non-hydrogen) atoms. The third-order valence-electron chi connectivity index (χ3n) is 3.41. The molecule has 0 saturated carbocycles. The second kappa shape index (κ2) is 6.29. The van der Waals surface area contributed by atoms with Crippen LogP contribution in [-0.2, 0) is 9.53 Å². The number of amidine groups is 1. The van der Waals surface area contributed by atoms with Crippen molar-refractivity contribution in [1.29, 1.82) is 0 Å². The average molecular weight is 331 g/mol. The number of aromatic nitrogens is 1. The van der Waals surface area contributed by atoms with E-state index in [2.05, 4.69) is 9.98 Å². The number of benzene rings is 1. The van der Waals surface area contributed by atoms with Gasteiger partial charge in [-0.2, -0.15) is 0 Å². The zero-order valence-electron chi connectivity index (χ0n) is 12.6. The number of hydrogen-bond acceptors (Lipinski definition) is 6. The Morgan fingerprint density at radius 1 is 1.35 bits per heavy atom. The highest BCUT2D eigenvalue weighted by atomic mass is 32.1. The minimum atomic E-state index is -0.438. The fraction of sp³-hybridized carbons (Fsp3) is 0.188. The molecule has 1 aliphatic heterocycles. The highest BCUT2D eigenvalue weighted by Gasteiger charge is 2.28. The molecule has 0 saturated heterocycles. The number of anilines is 1. The second-order valence-corrected chi connectivity index (χ2v) is 5.78. The van der Waals surface area contributed by atoms with Gasteiger partial charge in [0, 0.05) is 23.5 Å². The molecular formula is C16H14FN3O2S. The maximum absolute atomic E-state index is 13.2. The molecule has 118 valence electrons. The van der Waals surface area contributed by atoms with Crippen molar-refractivity contribution in [3.8, 4) is 0 Å². The molecule has 2 aromatic rings. The molecule has 2 heterocycles. The third kappa shape index (κ3) is 3.00. The van der Waals surface area contributed by atoms with Gasteiger partial charge in [-0.3, -0.25) is 9.89 Å². The Hall–Kier alpha value is -2.54. The minimum Gasteiger partial charge on any atom is -0.466 e. The van der Waals surface area contributed by atoms with E-state index in [9.17, 15) is 9.18 Å². The molecule has 5 nitrogen and oxygen atoms in total. The van der Waals surface area contributed by atoms with Crippen LogP contribution in [0.3, 0.4) is 0 Å². The predicted octanol–water partition coefficient (Wildman–Crippen LogP) is 2.99. The van der Waals surface area contributed by atoms with E-state index >= 15 is 0 Å². The Morgan fingerprint density at radius 3 is 2.70 bits per heavy atom. The van der Waals surface area contributed by atoms with Crippen LogP contribution in [0.4, 0.5) is 10.1 Å². The van der Waals surface area contributed by atoms with Crippen LogP contribution in [0.1, 0.15) is 11.9 Å². The topological polar surface area (TPSA) is 54.8 Å². The molecule has 0 N–H and O–H groups in total. The Labute approximate surface area is 136 Å². The molecule has 0 bridgehead atoms. The van der Waals surface area contributed by atoms with Crippen molar-refractivity contribution in [2.75, 3.05) is 12.0 Å². The number of halogens is 1. The quantitative estimate of drug-likeness (QED) is 0.812. The first kappa shape index (κ1) is 15.4. The van der Waals surface area contributed by atoms with E-state index in [1.54, 1.807) is 29.4 Å². The Morgan fingerprint density at radius 2 is 2.09 bits per heavy atom. The number of aliphatic imine (C=N–C) groups is 1. The summed E-state index contributed by atoms with van der Waals surface area (Å²) in [6.07, 6.45) is 3.36. The first-order valence-electron chi connectivity index (χ1n) is 6.92. The molecule has 0 spiro atoms. The van der Waals surface area contributed by atoms with Gasteiger partial charge in [-0.1, -0.05) is 0 Å². The maximum atomic E-state index is 13.2. The number of nitrogens with zero attached hydrogens (tertiary/aromatic N) is 3. The minimum absolute atomic E-state index is 0.330. The van der Waals surface area contributed by atoms with Gasteiger partial charge in [-0.25, -0.2) is 14.2 Å². The van der Waals surface area contributed by atoms with Crippen LogP contribution in [0.5, 0.6) is 0 Å². The van der Waals surface area contributed by atoms with Gasteiger partial charge in [0.2, 0.25) is 0 Å². The van der Waals surface area contributed by atoms with Gasteiger partial charge in [-0.15, -0.1) is 11.3 Å². The van der Waals surface area contributed by atoms with E-state index in [0.29, 0.717) is 17.1 Å². The number of rotatable bonds is 3. The summed E-state index contributed by atoms with van der Waals surface area (Å²) in [5.41, 5.74) is 1.12. The largest absolute Gasteiger partial charge is 0.466 e. The highest BCUT2D eigenvalue weighted by Crippen LogP contribution is 2.26. The number of methoxy groups -OCH3 is 1. The number of carbonyl (C=O) groups excluding carboxylic acids is 1. The van der Waals surface area contributed by atoms with Crippen LogP contribution in [0.25, 0.3) is 0 Å². The lowest BCUT2D eigenvalue weighted by molar-refractivity contribution is -0.136. The summed E-state index contributed by atoms with van der Waals surface area (Å²) < 4.78 is 18.0. The summed E-state index contributed by atoms with van der Waals surface area (Å²) >= 11 is 1.45. The van der Waals surface area contributed by atoms with E-state index in [-0.39, 0.29) is 11.9 Å². The van der Waals surface area contributed by atoms with Gasteiger partial charge in [0.15, 0.2) is 10.8 Å². The van der Waals surface area contributed by atoms with Crippen molar-refractivity contribution in [2.45, 2.75) is 13.0 Å². The predicted molar refractivity (Wildman–Crippen MR) is 87.1 cm³/mol. The number of esters is 1. The molecule has 1 unspecified atom stereocenters. The highest BCUT2D eigenvalue weighted by molar-refractivity contribution is 7.11. The number of thiazole rings is 1. The van der Waals surface area contributed by atoms with Crippen LogP contribution < -0.4 is 4.90 Å². The first-order chi connectivity index (χ1) is 11.1. The molecule has 0 fully saturated rings. The second-order valence-electron chi connectivity index (χ2n) is 4.89. The number of ether oxygens (including phenoxy) is 1. The van der Waals surface area contributed by atoms with E-state index in [4.69, 9.17) is 4.74 Å². The molecule has 0 radical (unpaired) electrons. The summed E-state index contributed by atoms with van der Waals surface area (Å²) in [5, 5.41) is 2.58. The zero-order chi connectivity index (χ0) is 16.4. The Kier molecular flexibility index (Phi) is 4.20. The van der Waals surface area contributed by atoms with Crippen molar-refractivity contribution in [2.24, 2.45) is 4.99 Å². The fourth-order valence-electron chi connectivity index (χ4n) is 2.26. The van der Waals surface area contributed by atoms with E-state index in [1.165, 1.54) is 30.6 Å². The van der Waals surface area contributed by atoms with Crippen LogP contribution in [-0.4, -0.2) is 29.9 Å². The molecule has 1 aliphatic rings. The number of carbonyl (C=O) groups is 1. The van der Waals surface area contributed by atoms with Gasteiger partial charge < -0.3 is 4.74 Å². The van der Waals surface area contributed by atoms with Gasteiger partial charge in [0.05, 0.1) is 18.7 Å². The van der Waals surface area contributed by atoms with Gasteiger partial charge in [0.1, 0.15) is 5.82 Å². The molecular weight excluding hydrogens is 317 g/mol. The molecule has 1 aromatic heterocycles. The molecule has 7 heteroatoms. The van der Waals surface area contributed by atoms with Crippen LogP contribution in [0, 0.1) is 5.82 Å². The van der Waals surface area contributed by atoms with E-state index in [0.717, 1.165) is 5.01 Å². The normalized spacial score (nSPS) is 17.5. The van der Waals surface area contributed by atoms with Crippen molar-refractivity contribution >= 4 is 28.8 Å². The lowest BCUT2D eigenvalue weighted by atomic mass is 10.1. The van der Waals surface area contributed by atoms with Gasteiger partial charge in [0.25, 0.3) is 0 Å². The Balaban J connectivity index is 2.08. The van der Waals surface area contributed by atoms with Crippen molar-refractivity contribution < 1.29 is 13.9 Å². The standard InChI is InChI=1S/C16H14FN3O2S/c1-10-13(16(21)22-2)9-20(12-5-3-11(17)4-6-12)14(19-10)15-18-7-8-23-15/h3-10H,1-2H3. The summed E-state index contributed by atoms with van der Waals surface area (Å²) in [4.78, 5) is 22.5. The first-order valence-corrected chi connectivity index (χ1v) is 7.80. The van der Waals surface area contributed by atoms with E-state index < -0.39 is 5.97 Å². The molecule has 1 atom stereocenters. The molecule has 1 aromatic carbocycles. The number of hydrogen-bond donors (Lipinski definition) is 0. The maximum Gasteiger partial charge on any atom is 0.337 e. The molecule has 3 rings (SSSR count). The fourth-order valence-corrected chi connectivity index (χ4v) is 2.88. The SMILES string of the molecule is COC(=O)C1=CN(c2ccc(F)cc2)C(c2nccs2)=NC1C. The molecule has 0 aliphatic carbocycles. The lowest BCUT2D eigenvalue weighted by Gasteiger charge is -2.28. The summed E-state index contributed by atoms with van der Waals surface area (Å²) in [5.74, 6) is -0.151. The van der Waals surface area contributed by atoms with Crippen molar-refractivity contribution in [1.82, 2.24) is 4.98 Å².